The van der Waals surface area contributed by atoms with Crippen LogP contribution in [0.25, 0.3) is 0 Å². The summed E-state index contributed by atoms with van der Waals surface area (Å²) in [4.78, 5) is 12.8. The van der Waals surface area contributed by atoms with Crippen LogP contribution in [0.4, 0.5) is 0 Å². The number of esters is 1. The van der Waals surface area contributed by atoms with Gasteiger partial charge in [-0.25, -0.2) is 0 Å². The van der Waals surface area contributed by atoms with Crippen LogP contribution in [0, 0.1) is 5.92 Å². The second-order valence-electron chi connectivity index (χ2n) is 5.95. The highest BCUT2D eigenvalue weighted by molar-refractivity contribution is 5.84. The number of hydrogen-bond donors (Lipinski definition) is 1. The highest BCUT2D eigenvalue weighted by Gasteiger charge is 2.47. The molecule has 1 aliphatic carbocycles. The minimum absolute atomic E-state index is 0.148. The van der Waals surface area contributed by atoms with Crippen LogP contribution in [0.2, 0.25) is 0 Å². The van der Waals surface area contributed by atoms with Crippen molar-refractivity contribution in [3.05, 3.63) is 35.9 Å². The quantitative estimate of drug-likeness (QED) is 0.667. The van der Waals surface area contributed by atoms with E-state index < -0.39 is 5.41 Å². The SMILES string of the molecule is CCOC(=O)C(CN)(c1ccccc1)C1CCCCCC1. The first-order valence-electron chi connectivity index (χ1n) is 8.18. The first-order valence-corrected chi connectivity index (χ1v) is 8.18. The molecule has 0 heterocycles. The highest BCUT2D eigenvalue weighted by Crippen LogP contribution is 2.41. The molecule has 3 heteroatoms. The molecule has 1 atom stereocenters. The monoisotopic (exact) mass is 289 g/mol. The Balaban J connectivity index is 2.42. The fraction of sp³-hybridized carbons (Fsp3) is 0.611. The summed E-state index contributed by atoms with van der Waals surface area (Å²) >= 11 is 0. The lowest BCUT2D eigenvalue weighted by Gasteiger charge is -2.38. The van der Waals surface area contributed by atoms with Gasteiger partial charge in [-0.1, -0.05) is 56.0 Å². The van der Waals surface area contributed by atoms with Gasteiger partial charge < -0.3 is 10.5 Å². The van der Waals surface area contributed by atoms with Crippen LogP contribution in [0.3, 0.4) is 0 Å². The summed E-state index contributed by atoms with van der Waals surface area (Å²) in [5, 5.41) is 0. The Hall–Kier alpha value is -1.35. The molecule has 0 saturated heterocycles. The van der Waals surface area contributed by atoms with Crippen molar-refractivity contribution >= 4 is 5.97 Å². The highest BCUT2D eigenvalue weighted by atomic mass is 16.5. The predicted octanol–water partition coefficient (Wildman–Crippen LogP) is 3.42. The number of nitrogens with two attached hydrogens (primary N) is 1. The molecule has 2 N–H and O–H groups in total. The fourth-order valence-corrected chi connectivity index (χ4v) is 3.66. The summed E-state index contributed by atoms with van der Waals surface area (Å²) in [6.07, 6.45) is 7.00. The molecule has 1 aliphatic rings. The van der Waals surface area contributed by atoms with Crippen molar-refractivity contribution in [1.82, 2.24) is 0 Å². The maximum absolute atomic E-state index is 12.8. The second kappa shape index (κ2) is 7.60. The molecule has 0 aliphatic heterocycles. The van der Waals surface area contributed by atoms with Crippen LogP contribution in [-0.2, 0) is 14.9 Å². The molecular weight excluding hydrogens is 262 g/mol. The predicted molar refractivity (Wildman–Crippen MR) is 85.0 cm³/mol. The maximum Gasteiger partial charge on any atom is 0.318 e. The summed E-state index contributed by atoms with van der Waals surface area (Å²) < 4.78 is 5.43. The average molecular weight is 289 g/mol. The number of rotatable bonds is 5. The molecule has 2 rings (SSSR count). The van der Waals surface area contributed by atoms with E-state index in [1.807, 2.05) is 37.3 Å². The zero-order chi connectivity index (χ0) is 15.1. The van der Waals surface area contributed by atoms with Gasteiger partial charge in [0.25, 0.3) is 0 Å². The van der Waals surface area contributed by atoms with E-state index in [2.05, 4.69) is 0 Å². The smallest absolute Gasteiger partial charge is 0.318 e. The molecule has 116 valence electrons. The number of hydrogen-bond acceptors (Lipinski definition) is 3. The Morgan fingerprint density at radius 1 is 1.19 bits per heavy atom. The first-order chi connectivity index (χ1) is 10.3. The van der Waals surface area contributed by atoms with E-state index in [-0.39, 0.29) is 11.9 Å². The third kappa shape index (κ3) is 3.29. The van der Waals surface area contributed by atoms with Crippen molar-refractivity contribution in [1.29, 1.82) is 0 Å². The van der Waals surface area contributed by atoms with Gasteiger partial charge in [0.15, 0.2) is 0 Å². The second-order valence-corrected chi connectivity index (χ2v) is 5.95. The van der Waals surface area contributed by atoms with E-state index in [1.165, 1.54) is 25.7 Å². The van der Waals surface area contributed by atoms with Gasteiger partial charge >= 0.3 is 5.97 Å². The molecule has 21 heavy (non-hydrogen) atoms. The molecule has 0 bridgehead atoms. The number of benzene rings is 1. The number of carbonyl (C=O) groups is 1. The molecule has 1 saturated carbocycles. The summed E-state index contributed by atoms with van der Waals surface area (Å²) in [5.41, 5.74) is 6.48. The standard InChI is InChI=1S/C18H27NO2/c1-2-21-17(20)18(14-19,16-12-8-5-9-13-16)15-10-6-3-4-7-11-15/h5,8-9,12-13,15H,2-4,6-7,10-11,14,19H2,1H3. The van der Waals surface area contributed by atoms with Crippen molar-refractivity contribution in [2.45, 2.75) is 50.9 Å². The lowest BCUT2D eigenvalue weighted by Crippen LogP contribution is -2.50. The number of ether oxygens (including phenoxy) is 1. The summed E-state index contributed by atoms with van der Waals surface area (Å²) in [6, 6.07) is 9.98. The van der Waals surface area contributed by atoms with Gasteiger partial charge in [0.2, 0.25) is 0 Å². The van der Waals surface area contributed by atoms with Crippen LogP contribution in [0.1, 0.15) is 51.0 Å². The fourth-order valence-electron chi connectivity index (χ4n) is 3.66. The normalized spacial score (nSPS) is 19.5. The molecule has 0 radical (unpaired) electrons. The number of carbonyl (C=O) groups excluding carboxylic acids is 1. The van der Waals surface area contributed by atoms with E-state index in [9.17, 15) is 4.79 Å². The summed E-state index contributed by atoms with van der Waals surface area (Å²) in [7, 11) is 0. The maximum atomic E-state index is 12.8. The Kier molecular flexibility index (Phi) is 5.80. The van der Waals surface area contributed by atoms with Crippen LogP contribution in [-0.4, -0.2) is 19.1 Å². The molecular formula is C18H27NO2. The Morgan fingerprint density at radius 3 is 2.33 bits per heavy atom. The largest absolute Gasteiger partial charge is 0.465 e. The molecule has 1 unspecified atom stereocenters. The van der Waals surface area contributed by atoms with Crippen molar-refractivity contribution < 1.29 is 9.53 Å². The van der Waals surface area contributed by atoms with Crippen LogP contribution in [0.15, 0.2) is 30.3 Å². The van der Waals surface area contributed by atoms with Gasteiger partial charge in [-0.15, -0.1) is 0 Å². The van der Waals surface area contributed by atoms with E-state index >= 15 is 0 Å². The van der Waals surface area contributed by atoms with Crippen LogP contribution >= 0.6 is 0 Å². The summed E-state index contributed by atoms with van der Waals surface area (Å²) in [6.45, 7) is 2.58. The van der Waals surface area contributed by atoms with Crippen molar-refractivity contribution in [2.24, 2.45) is 11.7 Å². The van der Waals surface area contributed by atoms with E-state index in [0.717, 1.165) is 18.4 Å². The lowest BCUT2D eigenvalue weighted by molar-refractivity contribution is -0.152. The van der Waals surface area contributed by atoms with E-state index in [1.54, 1.807) is 0 Å². The third-order valence-corrected chi connectivity index (χ3v) is 4.80. The van der Waals surface area contributed by atoms with Crippen LogP contribution in [0.5, 0.6) is 0 Å². The zero-order valence-corrected chi connectivity index (χ0v) is 13.0. The molecule has 1 aromatic carbocycles. The topological polar surface area (TPSA) is 52.3 Å². The molecule has 0 aromatic heterocycles. The van der Waals surface area contributed by atoms with E-state index in [4.69, 9.17) is 10.5 Å². The molecule has 1 fully saturated rings. The van der Waals surface area contributed by atoms with Gasteiger partial charge in [0, 0.05) is 6.54 Å². The van der Waals surface area contributed by atoms with Crippen molar-refractivity contribution in [3.63, 3.8) is 0 Å². The van der Waals surface area contributed by atoms with Crippen molar-refractivity contribution in [3.8, 4) is 0 Å². The summed E-state index contributed by atoms with van der Waals surface area (Å²) in [5.74, 6) is 0.136. The molecule has 0 spiro atoms. The molecule has 0 amide bonds. The Morgan fingerprint density at radius 2 is 1.81 bits per heavy atom. The van der Waals surface area contributed by atoms with Gasteiger partial charge in [-0.05, 0) is 31.2 Å². The van der Waals surface area contributed by atoms with Gasteiger partial charge in [-0.3, -0.25) is 4.79 Å². The lowest BCUT2D eigenvalue weighted by atomic mass is 9.67. The van der Waals surface area contributed by atoms with Gasteiger partial charge in [0.05, 0.1) is 6.61 Å². The zero-order valence-electron chi connectivity index (χ0n) is 13.0. The minimum atomic E-state index is -0.679. The van der Waals surface area contributed by atoms with Crippen LogP contribution < -0.4 is 5.73 Å². The van der Waals surface area contributed by atoms with Gasteiger partial charge in [-0.2, -0.15) is 0 Å². The van der Waals surface area contributed by atoms with E-state index in [0.29, 0.717) is 13.2 Å². The van der Waals surface area contributed by atoms with Crippen molar-refractivity contribution in [2.75, 3.05) is 13.2 Å². The Labute approximate surface area is 127 Å². The van der Waals surface area contributed by atoms with Gasteiger partial charge in [0.1, 0.15) is 5.41 Å². The minimum Gasteiger partial charge on any atom is -0.465 e. The molecule has 1 aromatic rings. The Bertz CT molecular complexity index is 438. The third-order valence-electron chi connectivity index (χ3n) is 4.80. The first kappa shape index (κ1) is 16.0. The molecule has 3 nitrogen and oxygen atoms in total. The average Bonchev–Trinajstić information content (AvgIpc) is 2.80.